The average Bonchev–Trinajstić information content (AvgIpc) is 3.30. The number of fused-ring (bicyclic) bond motifs is 6. The Bertz CT molecular complexity index is 3080. The molecule has 2 heterocycles. The Kier molecular flexibility index (Phi) is 10.0. The Hall–Kier alpha value is -7.23. The van der Waals surface area contributed by atoms with E-state index in [0.29, 0.717) is 0 Å². The van der Waals surface area contributed by atoms with Gasteiger partial charge in [0.1, 0.15) is 0 Å². The molecule has 0 fully saturated rings. The first-order chi connectivity index (χ1) is 29.6. The number of hydrogen-bond acceptors (Lipinski definition) is 3. The third kappa shape index (κ3) is 7.35. The van der Waals surface area contributed by atoms with Gasteiger partial charge in [-0.1, -0.05) is 151 Å². The van der Waals surface area contributed by atoms with Gasteiger partial charge in [-0.3, -0.25) is 4.99 Å². The third-order valence-electron chi connectivity index (χ3n) is 12.0. The normalized spacial score (nSPS) is 15.3. The molecule has 0 saturated heterocycles. The van der Waals surface area contributed by atoms with Crippen molar-refractivity contribution >= 4 is 50.7 Å². The Labute approximate surface area is 352 Å². The summed E-state index contributed by atoms with van der Waals surface area (Å²) in [4.78, 5) is 15.8. The summed E-state index contributed by atoms with van der Waals surface area (Å²) in [5.41, 5.74) is 17.3. The second-order valence-corrected chi connectivity index (χ2v) is 16.0. The molecule has 10 rings (SSSR count). The maximum absolute atomic E-state index is 5.46. The highest BCUT2D eigenvalue weighted by Crippen LogP contribution is 2.42. The van der Waals surface area contributed by atoms with Gasteiger partial charge in [0.2, 0.25) is 0 Å². The fourth-order valence-electron chi connectivity index (χ4n) is 8.78. The first-order valence-electron chi connectivity index (χ1n) is 21.0. The maximum atomic E-state index is 5.46. The zero-order valence-electron chi connectivity index (χ0n) is 34.1. The first-order valence-corrected chi connectivity index (χ1v) is 21.0. The van der Waals surface area contributed by atoms with Crippen molar-refractivity contribution in [1.82, 2.24) is 0 Å². The van der Waals surface area contributed by atoms with Crippen LogP contribution in [0.15, 0.2) is 208 Å². The summed E-state index contributed by atoms with van der Waals surface area (Å²) >= 11 is 0. The summed E-state index contributed by atoms with van der Waals surface area (Å²) in [7, 11) is 0. The lowest BCUT2D eigenvalue weighted by Gasteiger charge is -2.18. The molecular formula is C57H45N3. The van der Waals surface area contributed by atoms with Crippen LogP contribution in [0.5, 0.6) is 0 Å². The highest BCUT2D eigenvalue weighted by Gasteiger charge is 2.19. The van der Waals surface area contributed by atoms with Crippen LogP contribution in [-0.4, -0.2) is 17.8 Å². The van der Waals surface area contributed by atoms with Crippen molar-refractivity contribution in [1.29, 1.82) is 0 Å². The van der Waals surface area contributed by atoms with Crippen molar-refractivity contribution in [3.63, 3.8) is 0 Å². The molecule has 0 aliphatic carbocycles. The molecule has 0 unspecified atom stereocenters. The maximum Gasteiger partial charge on any atom is 0.160 e. The van der Waals surface area contributed by atoms with Gasteiger partial charge in [-0.05, 0) is 142 Å². The molecule has 0 radical (unpaired) electrons. The Morgan fingerprint density at radius 3 is 1.72 bits per heavy atom. The third-order valence-corrected chi connectivity index (χ3v) is 12.0. The molecule has 0 N–H and O–H groups in total. The number of aryl methyl sites for hydroxylation is 1. The second-order valence-electron chi connectivity index (χ2n) is 16.0. The van der Waals surface area contributed by atoms with Gasteiger partial charge in [-0.15, -0.1) is 0 Å². The minimum Gasteiger partial charge on any atom is -0.256 e. The van der Waals surface area contributed by atoms with Gasteiger partial charge in [-0.25, -0.2) is 9.98 Å². The van der Waals surface area contributed by atoms with Crippen LogP contribution in [0.25, 0.3) is 60.6 Å². The van der Waals surface area contributed by atoms with Crippen LogP contribution >= 0.6 is 0 Å². The van der Waals surface area contributed by atoms with Crippen LogP contribution in [0.1, 0.15) is 55.4 Å². The van der Waals surface area contributed by atoms with Gasteiger partial charge in [-0.2, -0.15) is 0 Å². The van der Waals surface area contributed by atoms with Gasteiger partial charge >= 0.3 is 0 Å². The molecule has 0 bridgehead atoms. The van der Waals surface area contributed by atoms with Crippen molar-refractivity contribution in [2.75, 3.05) is 0 Å². The fourth-order valence-corrected chi connectivity index (χ4v) is 8.78. The SMILES string of the molecule is CC1=C(c2cc(-c3ccccc3)cc(-c3cccc(-c4ccc5c6c(c7ccccc7c5c4)CC/C(C)=C\C=N6)c3)c2)N=C(c2ccccc2)N=C(c2ccccc2)CC1. The molecule has 0 amide bonds. The summed E-state index contributed by atoms with van der Waals surface area (Å²) in [5.74, 6) is 0.728. The smallest absolute Gasteiger partial charge is 0.160 e. The number of aliphatic imine (C=N–C) groups is 3. The Morgan fingerprint density at radius 2 is 0.967 bits per heavy atom. The van der Waals surface area contributed by atoms with E-state index in [-0.39, 0.29) is 0 Å². The van der Waals surface area contributed by atoms with Crippen molar-refractivity contribution in [2.24, 2.45) is 15.0 Å². The minimum absolute atomic E-state index is 0.728. The van der Waals surface area contributed by atoms with Crippen LogP contribution in [0.2, 0.25) is 0 Å². The lowest BCUT2D eigenvalue weighted by Crippen LogP contribution is -2.10. The van der Waals surface area contributed by atoms with Crippen molar-refractivity contribution in [3.05, 3.63) is 215 Å². The summed E-state index contributed by atoms with van der Waals surface area (Å²) in [6.07, 6.45) is 7.83. The van der Waals surface area contributed by atoms with Crippen LogP contribution in [0.4, 0.5) is 5.69 Å². The van der Waals surface area contributed by atoms with Crippen molar-refractivity contribution in [2.45, 2.75) is 39.5 Å². The Morgan fingerprint density at radius 1 is 0.383 bits per heavy atom. The molecular weight excluding hydrogens is 727 g/mol. The number of rotatable bonds is 6. The molecule has 0 aromatic heterocycles. The van der Waals surface area contributed by atoms with E-state index in [4.69, 9.17) is 15.0 Å². The van der Waals surface area contributed by atoms with E-state index in [1.54, 1.807) is 0 Å². The summed E-state index contributed by atoms with van der Waals surface area (Å²) in [6, 6.07) is 63.3. The highest BCUT2D eigenvalue weighted by molar-refractivity contribution is 6.16. The molecule has 2 aliphatic heterocycles. The van der Waals surface area contributed by atoms with E-state index in [1.165, 1.54) is 54.9 Å². The number of allylic oxidation sites excluding steroid dienone is 3. The molecule has 0 saturated carbocycles. The zero-order valence-corrected chi connectivity index (χ0v) is 34.1. The van der Waals surface area contributed by atoms with Crippen molar-refractivity contribution in [3.8, 4) is 33.4 Å². The monoisotopic (exact) mass is 771 g/mol. The van der Waals surface area contributed by atoms with Crippen LogP contribution in [0.3, 0.4) is 0 Å². The predicted octanol–water partition coefficient (Wildman–Crippen LogP) is 15.0. The molecule has 3 heteroatoms. The van der Waals surface area contributed by atoms with E-state index in [9.17, 15) is 0 Å². The molecule has 60 heavy (non-hydrogen) atoms. The molecule has 0 spiro atoms. The fraction of sp³-hybridized carbons (Fsp3) is 0.105. The predicted molar refractivity (Wildman–Crippen MR) is 256 cm³/mol. The number of benzene rings is 8. The van der Waals surface area contributed by atoms with E-state index in [2.05, 4.69) is 190 Å². The van der Waals surface area contributed by atoms with E-state index in [0.717, 1.165) is 82.0 Å². The van der Waals surface area contributed by atoms with Crippen LogP contribution in [0, 0.1) is 0 Å². The van der Waals surface area contributed by atoms with Gasteiger partial charge < -0.3 is 0 Å². The lowest BCUT2D eigenvalue weighted by atomic mass is 9.89. The van der Waals surface area contributed by atoms with Crippen LogP contribution in [-0.2, 0) is 6.42 Å². The second kappa shape index (κ2) is 16.2. The topological polar surface area (TPSA) is 37.1 Å². The first kappa shape index (κ1) is 37.1. The largest absolute Gasteiger partial charge is 0.256 e. The van der Waals surface area contributed by atoms with Gasteiger partial charge in [0, 0.05) is 22.7 Å². The minimum atomic E-state index is 0.728. The van der Waals surface area contributed by atoms with Gasteiger partial charge in [0.15, 0.2) is 5.84 Å². The highest BCUT2D eigenvalue weighted by atomic mass is 14.9. The average molecular weight is 772 g/mol. The molecule has 0 atom stereocenters. The number of amidine groups is 1. The quantitative estimate of drug-likeness (QED) is 0.151. The standard InChI is InChI=1S/C57H45N3/c1-38-25-28-51-49-23-12-13-24-50(49)53-37-45(27-29-52(53)56(51)58-32-31-38)43-21-14-22-44(33-43)47-34-46(40-15-6-3-7-16-40)35-48(36-47)55-39(2)26-30-54(41-17-8-4-9-18-41)59-57(60-55)42-19-10-5-11-20-42/h3-24,27,29,31-37H,25-26,28,30H2,1-2H3/b38-31-,55-39?,58-32?,59-54?,60-57?. The van der Waals surface area contributed by atoms with E-state index < -0.39 is 0 Å². The van der Waals surface area contributed by atoms with Crippen LogP contribution < -0.4 is 0 Å². The molecule has 2 aliphatic rings. The molecule has 8 aromatic rings. The number of hydrogen-bond donors (Lipinski definition) is 0. The summed E-state index contributed by atoms with van der Waals surface area (Å²) < 4.78 is 0. The Balaban J connectivity index is 1.11. The van der Waals surface area contributed by atoms with Gasteiger partial charge in [0.05, 0.1) is 17.1 Å². The van der Waals surface area contributed by atoms with Gasteiger partial charge in [0.25, 0.3) is 0 Å². The zero-order chi connectivity index (χ0) is 40.4. The molecule has 3 nitrogen and oxygen atoms in total. The van der Waals surface area contributed by atoms with Crippen molar-refractivity contribution < 1.29 is 0 Å². The summed E-state index contributed by atoms with van der Waals surface area (Å²) in [5, 5.41) is 5.00. The van der Waals surface area contributed by atoms with E-state index in [1.807, 2.05) is 12.3 Å². The lowest BCUT2D eigenvalue weighted by molar-refractivity contribution is 0.949. The van der Waals surface area contributed by atoms with E-state index >= 15 is 0 Å². The summed E-state index contributed by atoms with van der Waals surface area (Å²) in [6.45, 7) is 4.43. The molecule has 288 valence electrons. The molecule has 8 aromatic carbocycles. The number of nitrogens with zero attached hydrogens (tertiary/aromatic N) is 3.